The molecule has 242 valence electrons. The Morgan fingerprint density at radius 3 is 2.36 bits per heavy atom. The van der Waals surface area contributed by atoms with Crippen molar-refractivity contribution in [3.05, 3.63) is 17.4 Å². The summed E-state index contributed by atoms with van der Waals surface area (Å²) >= 11 is 4.29. The van der Waals surface area contributed by atoms with Crippen molar-refractivity contribution in [2.24, 2.45) is 11.5 Å². The molecule has 12 N–H and O–H groups in total. The summed E-state index contributed by atoms with van der Waals surface area (Å²) in [6.45, 7) is -0.129. The summed E-state index contributed by atoms with van der Waals surface area (Å²) in [6, 6.07) is 0. The van der Waals surface area contributed by atoms with E-state index in [1.54, 1.807) is 0 Å². The predicted molar refractivity (Wildman–Crippen MR) is 160 cm³/mol. The van der Waals surface area contributed by atoms with E-state index >= 15 is 0 Å². The number of fused-ring (bicyclic) bond motifs is 2. The Hall–Kier alpha value is -3.32. The van der Waals surface area contributed by atoms with Crippen LogP contribution in [0.4, 0.5) is 11.6 Å². The fourth-order valence-corrected chi connectivity index (χ4v) is 6.80. The summed E-state index contributed by atoms with van der Waals surface area (Å²) in [7, 11) is 1.50. The predicted octanol–water partition coefficient (Wildman–Crippen LogP) is -3.26. The van der Waals surface area contributed by atoms with Gasteiger partial charge in [0.25, 0.3) is 0 Å². The molecule has 22 heteroatoms. The van der Waals surface area contributed by atoms with E-state index in [1.165, 1.54) is 28.8 Å². The number of amides is 1. The minimum atomic E-state index is -1.48. The van der Waals surface area contributed by atoms with E-state index in [0.29, 0.717) is 0 Å². The number of nitrogen functional groups attached to an aromatic ring is 1. The standard InChI is InChI=1S/C23H30BrN13O7S/c1-28-7(38)3-29-17-9-19(33-5-31-17)36(22(24)34-9)20-13(42)11(40)14(44-20)16(27)45-23-35-8-15(26)30-4-32-18(8)37(23)21-12(41)10(39)6(2-25)43-21/h4-6,10-14,16,20-21,39-42H,2-3,25,27H2,1H3,(H,28,38)(H2,26,30,32)(H,29,31,33)/t6-,10-,11+,12-,13-,14+,16?,20-,21-/m1/s1. The number of nitrogens with zero attached hydrogens (tertiary/aromatic N) is 8. The van der Waals surface area contributed by atoms with E-state index in [1.807, 2.05) is 0 Å². The maximum Gasteiger partial charge on any atom is 0.239 e. The van der Waals surface area contributed by atoms with Crippen molar-refractivity contribution in [3.63, 3.8) is 0 Å². The number of aliphatic hydroxyl groups excluding tert-OH is 4. The van der Waals surface area contributed by atoms with Crippen molar-refractivity contribution in [2.75, 3.05) is 31.2 Å². The van der Waals surface area contributed by atoms with Gasteiger partial charge in [0.05, 0.1) is 11.9 Å². The molecule has 2 aliphatic rings. The number of nitrogens with one attached hydrogen (secondary N) is 2. The minimum absolute atomic E-state index is 0.0493. The first-order valence-corrected chi connectivity index (χ1v) is 15.2. The van der Waals surface area contributed by atoms with Crippen LogP contribution in [-0.4, -0.2) is 128 Å². The molecule has 0 radical (unpaired) electrons. The lowest BCUT2D eigenvalue weighted by Gasteiger charge is -2.23. The number of nitrogens with two attached hydrogens (primary N) is 3. The van der Waals surface area contributed by atoms with Gasteiger partial charge in [0.1, 0.15) is 49.3 Å². The Bertz CT molecular complexity index is 1730. The van der Waals surface area contributed by atoms with Crippen LogP contribution in [0.2, 0.25) is 0 Å². The third kappa shape index (κ3) is 5.45. The molecule has 9 atom stereocenters. The number of anilines is 2. The van der Waals surface area contributed by atoms with Crippen LogP contribution < -0.4 is 27.8 Å². The molecule has 4 aromatic rings. The zero-order valence-electron chi connectivity index (χ0n) is 23.4. The lowest BCUT2D eigenvalue weighted by molar-refractivity contribution is -0.118. The normalized spacial score (nSPS) is 29.1. The number of ether oxygens (including phenoxy) is 2. The van der Waals surface area contributed by atoms with Gasteiger partial charge in [0.2, 0.25) is 5.91 Å². The number of hydrogen-bond acceptors (Lipinski definition) is 18. The van der Waals surface area contributed by atoms with Gasteiger partial charge >= 0.3 is 0 Å². The number of aliphatic hydroxyl groups is 4. The van der Waals surface area contributed by atoms with Crippen LogP contribution in [-0.2, 0) is 14.3 Å². The Balaban J connectivity index is 1.29. The number of aromatic nitrogens is 8. The first kappa shape index (κ1) is 31.7. The number of imidazole rings is 2. The molecular formula is C23H30BrN13O7S. The van der Waals surface area contributed by atoms with Crippen LogP contribution in [0.25, 0.3) is 22.3 Å². The van der Waals surface area contributed by atoms with Crippen LogP contribution in [0.15, 0.2) is 22.5 Å². The first-order chi connectivity index (χ1) is 21.5. The topological polar surface area (TPSA) is 306 Å². The molecule has 2 aliphatic heterocycles. The van der Waals surface area contributed by atoms with Gasteiger partial charge < -0.3 is 57.7 Å². The third-order valence-corrected chi connectivity index (χ3v) is 9.12. The second kappa shape index (κ2) is 12.5. The van der Waals surface area contributed by atoms with E-state index < -0.39 is 54.5 Å². The molecule has 45 heavy (non-hydrogen) atoms. The zero-order valence-corrected chi connectivity index (χ0v) is 25.8. The Morgan fingerprint density at radius 1 is 1.00 bits per heavy atom. The fraction of sp³-hybridized carbons (Fsp3) is 0.522. The van der Waals surface area contributed by atoms with Crippen LogP contribution in [0, 0.1) is 0 Å². The molecule has 0 saturated carbocycles. The van der Waals surface area contributed by atoms with E-state index in [2.05, 4.69) is 56.5 Å². The highest BCUT2D eigenvalue weighted by molar-refractivity contribution is 9.10. The smallest absolute Gasteiger partial charge is 0.239 e. The highest BCUT2D eigenvalue weighted by atomic mass is 79.9. The molecule has 2 saturated heterocycles. The Morgan fingerprint density at radius 2 is 1.67 bits per heavy atom. The molecule has 2 fully saturated rings. The van der Waals surface area contributed by atoms with Crippen molar-refractivity contribution in [1.82, 2.24) is 44.4 Å². The Kier molecular flexibility index (Phi) is 8.77. The SMILES string of the molecule is CNC(=O)CNc1ncnc2c1nc(Br)n2[C@@H]1O[C@H](C(N)Sc2nc3c(N)ncnc3n2[C@@H]2O[C@H](CN)[C@@H](O)[C@H]2O)[C@@H](O)[C@H]1O. The van der Waals surface area contributed by atoms with Crippen molar-refractivity contribution < 1.29 is 34.7 Å². The number of carbonyl (C=O) groups excluding carboxylic acids is 1. The van der Waals surface area contributed by atoms with Gasteiger partial charge in [-0.3, -0.25) is 13.9 Å². The van der Waals surface area contributed by atoms with Crippen LogP contribution >= 0.6 is 27.7 Å². The van der Waals surface area contributed by atoms with Gasteiger partial charge in [-0.1, -0.05) is 11.8 Å². The minimum Gasteiger partial charge on any atom is -0.387 e. The van der Waals surface area contributed by atoms with E-state index in [-0.39, 0.29) is 62.9 Å². The zero-order chi connectivity index (χ0) is 32.2. The molecule has 0 aromatic carbocycles. The average molecular weight is 713 g/mol. The van der Waals surface area contributed by atoms with Gasteiger partial charge in [-0.25, -0.2) is 29.9 Å². The van der Waals surface area contributed by atoms with Gasteiger partial charge in [0.15, 0.2) is 56.3 Å². The quantitative estimate of drug-likeness (QED) is 0.0467. The van der Waals surface area contributed by atoms with Crippen molar-refractivity contribution in [3.8, 4) is 0 Å². The van der Waals surface area contributed by atoms with Gasteiger partial charge in [-0.05, 0) is 15.9 Å². The maximum absolute atomic E-state index is 11.7. The van der Waals surface area contributed by atoms with E-state index in [0.717, 1.165) is 11.8 Å². The van der Waals surface area contributed by atoms with Gasteiger partial charge in [-0.2, -0.15) is 0 Å². The molecule has 6 rings (SSSR count). The van der Waals surface area contributed by atoms with E-state index in [4.69, 9.17) is 26.7 Å². The maximum atomic E-state index is 11.7. The highest BCUT2D eigenvalue weighted by Gasteiger charge is 2.49. The number of carbonyl (C=O) groups is 1. The summed E-state index contributed by atoms with van der Waals surface area (Å²) in [5.41, 5.74) is 19.2. The molecule has 0 bridgehead atoms. The summed E-state index contributed by atoms with van der Waals surface area (Å²) in [5.74, 6) is 0.0348. The number of likely N-dealkylation sites (N-methyl/N-ethyl adjacent to an activating group) is 1. The van der Waals surface area contributed by atoms with Crippen LogP contribution in [0.5, 0.6) is 0 Å². The first-order valence-electron chi connectivity index (χ1n) is 13.5. The highest BCUT2D eigenvalue weighted by Crippen LogP contribution is 2.41. The number of hydrogen-bond donors (Lipinski definition) is 9. The van der Waals surface area contributed by atoms with E-state index in [9.17, 15) is 25.2 Å². The van der Waals surface area contributed by atoms with Gasteiger partial charge in [0, 0.05) is 13.6 Å². The molecule has 4 aromatic heterocycles. The summed E-state index contributed by atoms with van der Waals surface area (Å²) in [5, 5.41) is 47.9. The van der Waals surface area contributed by atoms with Crippen LogP contribution in [0.1, 0.15) is 12.5 Å². The van der Waals surface area contributed by atoms with Crippen LogP contribution in [0.3, 0.4) is 0 Å². The molecule has 0 aliphatic carbocycles. The fourth-order valence-electron chi connectivity index (χ4n) is 5.20. The molecule has 0 spiro atoms. The molecular weight excluding hydrogens is 682 g/mol. The summed E-state index contributed by atoms with van der Waals surface area (Å²) in [4.78, 5) is 37.3. The molecule has 1 amide bonds. The monoisotopic (exact) mass is 711 g/mol. The number of halogens is 1. The average Bonchev–Trinajstić information content (AvgIpc) is 3.73. The van der Waals surface area contributed by atoms with Gasteiger partial charge in [-0.15, -0.1) is 0 Å². The third-order valence-electron chi connectivity index (χ3n) is 7.52. The Labute approximate surface area is 265 Å². The number of rotatable bonds is 9. The second-order valence-corrected chi connectivity index (χ2v) is 12.1. The van der Waals surface area contributed by atoms with Crippen molar-refractivity contribution in [1.29, 1.82) is 0 Å². The summed E-state index contributed by atoms with van der Waals surface area (Å²) in [6.07, 6.45) is -7.56. The van der Waals surface area contributed by atoms with Crippen molar-refractivity contribution in [2.45, 2.75) is 59.6 Å². The lowest BCUT2D eigenvalue weighted by Crippen LogP contribution is -2.42. The largest absolute Gasteiger partial charge is 0.387 e. The summed E-state index contributed by atoms with van der Waals surface area (Å²) < 4.78 is 15.0. The molecule has 20 nitrogen and oxygen atoms in total. The van der Waals surface area contributed by atoms with Crippen molar-refractivity contribution >= 4 is 67.6 Å². The molecule has 1 unspecified atom stereocenters. The number of thioether (sulfide) groups is 1. The molecule has 6 heterocycles. The lowest BCUT2D eigenvalue weighted by atomic mass is 10.1. The second-order valence-electron chi connectivity index (χ2n) is 10.2.